The number of benzene rings is 1. The molecule has 1 amide bonds. The highest BCUT2D eigenvalue weighted by Gasteiger charge is 2.26. The third-order valence-electron chi connectivity index (χ3n) is 5.90. The average molecular weight is 470 g/mol. The Hall–Kier alpha value is -3.30. The van der Waals surface area contributed by atoms with E-state index in [4.69, 9.17) is 14.6 Å². The first-order valence-electron chi connectivity index (χ1n) is 11.4. The van der Waals surface area contributed by atoms with E-state index in [0.717, 1.165) is 51.3 Å². The van der Waals surface area contributed by atoms with Crippen molar-refractivity contribution in [3.63, 3.8) is 0 Å². The maximum atomic E-state index is 13.0. The molecular weight excluding hydrogens is 438 g/mol. The fraction of sp³-hybridized carbons (Fsp3) is 0.440. The summed E-state index contributed by atoms with van der Waals surface area (Å²) in [5.41, 5.74) is 2.17. The topological polar surface area (TPSA) is 118 Å². The molecule has 2 fully saturated rings. The molecule has 9 heteroatoms. The molecule has 182 valence electrons. The second-order valence-electron chi connectivity index (χ2n) is 8.54. The van der Waals surface area contributed by atoms with Crippen LogP contribution < -0.4 is 10.9 Å². The van der Waals surface area contributed by atoms with E-state index in [-0.39, 0.29) is 23.4 Å². The monoisotopic (exact) mass is 469 g/mol. The van der Waals surface area contributed by atoms with E-state index < -0.39 is 5.91 Å². The lowest BCUT2D eigenvalue weighted by atomic mass is 10.0. The van der Waals surface area contributed by atoms with Crippen LogP contribution in [0.25, 0.3) is 0 Å². The van der Waals surface area contributed by atoms with E-state index in [1.165, 1.54) is 23.2 Å². The molecular formula is C25H31N3O6. The Kier molecular flexibility index (Phi) is 9.12. The molecule has 0 atom stereocenters. The number of aromatic nitrogens is 1. The van der Waals surface area contributed by atoms with Crippen molar-refractivity contribution in [3.8, 4) is 0 Å². The highest BCUT2D eigenvalue weighted by Crippen LogP contribution is 2.33. The van der Waals surface area contributed by atoms with Gasteiger partial charge in [-0.25, -0.2) is 0 Å². The number of carbonyl (C=O) groups is 3. The lowest BCUT2D eigenvalue weighted by Gasteiger charge is -2.26. The number of Topliss-reactive ketones (excluding diaryl/α,β-unsaturated/α-hetero) is 1. The van der Waals surface area contributed by atoms with Crippen LogP contribution in [0, 0.1) is 5.92 Å². The zero-order valence-electron chi connectivity index (χ0n) is 19.4. The number of carboxylic acid groups (broad SMARTS) is 1. The normalized spacial score (nSPS) is 15.7. The molecule has 1 aliphatic heterocycles. The molecule has 2 heterocycles. The second kappa shape index (κ2) is 12.2. The molecule has 1 aromatic carbocycles. The van der Waals surface area contributed by atoms with Crippen LogP contribution in [0.4, 0.5) is 0 Å². The molecule has 0 radical (unpaired) electrons. The van der Waals surface area contributed by atoms with Gasteiger partial charge in [-0.1, -0.05) is 24.3 Å². The van der Waals surface area contributed by atoms with Crippen molar-refractivity contribution in [2.75, 3.05) is 33.4 Å². The van der Waals surface area contributed by atoms with Gasteiger partial charge in [0.1, 0.15) is 5.56 Å². The molecule has 0 unspecified atom stereocenters. The van der Waals surface area contributed by atoms with Crippen molar-refractivity contribution in [2.45, 2.75) is 32.4 Å². The van der Waals surface area contributed by atoms with Gasteiger partial charge in [0.2, 0.25) is 0 Å². The number of ether oxygens (including phenoxy) is 1. The zero-order valence-corrected chi connectivity index (χ0v) is 19.4. The Morgan fingerprint density at radius 3 is 2.41 bits per heavy atom. The largest absolute Gasteiger partial charge is 0.483 e. The molecule has 0 bridgehead atoms. The van der Waals surface area contributed by atoms with Crippen LogP contribution in [0.15, 0.2) is 41.3 Å². The van der Waals surface area contributed by atoms with E-state index in [1.807, 2.05) is 12.1 Å². The van der Waals surface area contributed by atoms with E-state index >= 15 is 0 Å². The summed E-state index contributed by atoms with van der Waals surface area (Å²) in [6, 6.07) is 9.55. The Balaban J connectivity index is 0.00000103. The maximum Gasteiger partial charge on any atom is 0.290 e. The van der Waals surface area contributed by atoms with Crippen molar-refractivity contribution in [1.82, 2.24) is 14.8 Å². The highest BCUT2D eigenvalue weighted by atomic mass is 16.5. The number of ketones is 1. The van der Waals surface area contributed by atoms with Crippen LogP contribution in [-0.2, 0) is 22.6 Å². The minimum atomic E-state index is -0.471. The van der Waals surface area contributed by atoms with Gasteiger partial charge in [0.15, 0.2) is 5.78 Å². The van der Waals surface area contributed by atoms with Crippen molar-refractivity contribution in [3.05, 3.63) is 69.1 Å². The third-order valence-corrected chi connectivity index (χ3v) is 5.90. The number of morpholine rings is 1. The van der Waals surface area contributed by atoms with E-state index in [2.05, 4.69) is 22.3 Å². The number of rotatable bonds is 8. The summed E-state index contributed by atoms with van der Waals surface area (Å²) < 4.78 is 6.90. The molecule has 9 nitrogen and oxygen atoms in total. The third kappa shape index (κ3) is 7.10. The standard InChI is InChI=1S/C24H29N3O4.CH2O2/c1-25-23(29)21-13-20(22(28)12-17-5-6-17)16-27(24(21)30)15-19-4-2-3-18(11-19)14-26-7-9-31-10-8-26;2-1-3/h2-4,11,13,16-17H,5-10,12,14-15H2,1H3,(H,25,29);1H,(H,2,3). The summed E-state index contributed by atoms with van der Waals surface area (Å²) in [6.07, 6.45) is 4.22. The van der Waals surface area contributed by atoms with Crippen molar-refractivity contribution < 1.29 is 24.2 Å². The minimum absolute atomic E-state index is 0.00798. The second-order valence-corrected chi connectivity index (χ2v) is 8.54. The van der Waals surface area contributed by atoms with Gasteiger partial charge in [-0.15, -0.1) is 0 Å². The molecule has 2 aliphatic rings. The summed E-state index contributed by atoms with van der Waals surface area (Å²) >= 11 is 0. The fourth-order valence-corrected chi connectivity index (χ4v) is 3.95. The molecule has 4 rings (SSSR count). The average Bonchev–Trinajstić information content (AvgIpc) is 3.65. The number of hydrogen-bond acceptors (Lipinski definition) is 6. The van der Waals surface area contributed by atoms with Gasteiger partial charge in [-0.05, 0) is 36.0 Å². The summed E-state index contributed by atoms with van der Waals surface area (Å²) in [7, 11) is 1.49. The van der Waals surface area contributed by atoms with Crippen LogP contribution in [0.5, 0.6) is 0 Å². The summed E-state index contributed by atoms with van der Waals surface area (Å²) in [4.78, 5) is 48.6. The SMILES string of the molecule is CNC(=O)c1cc(C(=O)CC2CC2)cn(Cc2cccc(CN3CCOCC3)c2)c1=O.O=CO. The number of nitrogens with one attached hydrogen (secondary N) is 1. The molecule has 1 aromatic heterocycles. The maximum absolute atomic E-state index is 13.0. The molecule has 2 aromatic rings. The van der Waals surface area contributed by atoms with Gasteiger partial charge in [0, 0.05) is 44.9 Å². The quantitative estimate of drug-likeness (QED) is 0.447. The van der Waals surface area contributed by atoms with E-state index in [9.17, 15) is 14.4 Å². The Morgan fingerprint density at radius 1 is 1.15 bits per heavy atom. The zero-order chi connectivity index (χ0) is 24.5. The Labute approximate surface area is 198 Å². The number of hydrogen-bond donors (Lipinski definition) is 2. The summed E-state index contributed by atoms with van der Waals surface area (Å²) in [6.45, 7) is 4.20. The molecule has 34 heavy (non-hydrogen) atoms. The first-order valence-corrected chi connectivity index (χ1v) is 11.4. The van der Waals surface area contributed by atoms with Crippen LogP contribution in [0.2, 0.25) is 0 Å². The van der Waals surface area contributed by atoms with Gasteiger partial charge < -0.3 is 19.7 Å². The summed E-state index contributed by atoms with van der Waals surface area (Å²) in [5, 5.41) is 9.40. The number of pyridine rings is 1. The van der Waals surface area contributed by atoms with Gasteiger partial charge in [-0.2, -0.15) is 0 Å². The minimum Gasteiger partial charge on any atom is -0.483 e. The molecule has 1 saturated carbocycles. The molecule has 0 spiro atoms. The van der Waals surface area contributed by atoms with Gasteiger partial charge in [0.05, 0.1) is 19.8 Å². The van der Waals surface area contributed by atoms with E-state index in [1.54, 1.807) is 6.20 Å². The number of carbonyl (C=O) groups excluding carboxylic acids is 2. The fourth-order valence-electron chi connectivity index (χ4n) is 3.95. The Morgan fingerprint density at radius 2 is 1.79 bits per heavy atom. The lowest BCUT2D eigenvalue weighted by molar-refractivity contribution is -0.122. The lowest BCUT2D eigenvalue weighted by Crippen LogP contribution is -2.35. The molecule has 2 N–H and O–H groups in total. The van der Waals surface area contributed by atoms with Crippen LogP contribution >= 0.6 is 0 Å². The Bertz CT molecular complexity index is 1070. The van der Waals surface area contributed by atoms with Crippen molar-refractivity contribution in [1.29, 1.82) is 0 Å². The van der Waals surface area contributed by atoms with E-state index in [0.29, 0.717) is 24.4 Å². The highest BCUT2D eigenvalue weighted by molar-refractivity contribution is 6.00. The first-order chi connectivity index (χ1) is 16.4. The first kappa shape index (κ1) is 25.3. The van der Waals surface area contributed by atoms with Gasteiger partial charge in [-0.3, -0.25) is 24.1 Å². The van der Waals surface area contributed by atoms with Gasteiger partial charge in [0.25, 0.3) is 17.9 Å². The van der Waals surface area contributed by atoms with Crippen LogP contribution in [0.3, 0.4) is 0 Å². The predicted molar refractivity (Wildman–Crippen MR) is 126 cm³/mol. The van der Waals surface area contributed by atoms with Crippen LogP contribution in [0.1, 0.15) is 51.1 Å². The predicted octanol–water partition coefficient (Wildman–Crippen LogP) is 1.77. The van der Waals surface area contributed by atoms with Crippen LogP contribution in [-0.4, -0.2) is 66.1 Å². The van der Waals surface area contributed by atoms with Gasteiger partial charge >= 0.3 is 0 Å². The smallest absolute Gasteiger partial charge is 0.290 e. The number of amides is 1. The van der Waals surface area contributed by atoms with Crippen molar-refractivity contribution >= 4 is 18.2 Å². The molecule has 1 saturated heterocycles. The van der Waals surface area contributed by atoms with Crippen molar-refractivity contribution in [2.24, 2.45) is 5.92 Å². The summed E-state index contributed by atoms with van der Waals surface area (Å²) in [5.74, 6) is -0.0449. The molecule has 1 aliphatic carbocycles. The number of nitrogens with zero attached hydrogens (tertiary/aromatic N) is 2.